The van der Waals surface area contributed by atoms with Crippen molar-refractivity contribution in [2.24, 2.45) is 10.8 Å². The number of hydrogen-bond donors (Lipinski definition) is 5. The number of aliphatic hydroxyl groups excluding tert-OH is 1. The molecule has 1 aromatic heterocycles. The SMILES string of the molecule is Cc1ncsc1-c1ccc([C@H](C)NC(=O)[C@@H]2C[C@@H](O)CN2C(=O)[C@@H](NCCCCCCCC(=O)N2CCN(C[C@]3(C)CCC(c4ccc(Cl)cc4)=C(CN4CCN(c5ccc(C(=O)NS(=O)(=O)c6ccc(N[C@H](CCN7CCOC(C)C7)CSc7ccccc7)c(S(=O)(=O)C(F)(F)F)c6)cc5)CC4)C3)CC2)C(C)(C)C)cc1. The van der Waals surface area contributed by atoms with Crippen molar-refractivity contribution in [2.45, 2.75) is 176 Å². The van der Waals surface area contributed by atoms with Gasteiger partial charge >= 0.3 is 5.51 Å². The van der Waals surface area contributed by atoms with Crippen molar-refractivity contribution < 1.29 is 59.0 Å². The average Bonchev–Trinajstić information content (AvgIpc) is 0.863. The largest absolute Gasteiger partial charge is 0.501 e. The van der Waals surface area contributed by atoms with Crippen LogP contribution in [-0.2, 0) is 39.0 Å². The van der Waals surface area contributed by atoms with E-state index >= 15 is 0 Å². The number of unbranched alkanes of at least 4 members (excludes halogenated alkanes) is 4. The number of sulfonamides is 1. The number of amides is 4. The summed E-state index contributed by atoms with van der Waals surface area (Å²) in [5.41, 5.74) is 2.82. The molecule has 4 saturated heterocycles. The Kier molecular flexibility index (Phi) is 29.3. The van der Waals surface area contributed by atoms with Crippen LogP contribution < -0.4 is 25.6 Å². The van der Waals surface area contributed by atoms with Crippen LogP contribution in [0.15, 0.2) is 147 Å². The van der Waals surface area contributed by atoms with Crippen LogP contribution >= 0.6 is 34.7 Å². The number of morpholine rings is 1. The summed E-state index contributed by atoms with van der Waals surface area (Å²) in [6.45, 7) is 24.9. The highest BCUT2D eigenvalue weighted by molar-refractivity contribution is 7.99. The van der Waals surface area contributed by atoms with Crippen molar-refractivity contribution >= 4 is 95.1 Å². The molecular weight excluding hydrogens is 1530 g/mol. The Morgan fingerprint density at radius 3 is 2.15 bits per heavy atom. The molecule has 4 amide bonds. The second kappa shape index (κ2) is 38.2. The fraction of sp³-hybridized carbons (Fsp3) is 0.530. The lowest BCUT2D eigenvalue weighted by Gasteiger charge is -2.44. The highest BCUT2D eigenvalue weighted by Crippen LogP contribution is 2.45. The van der Waals surface area contributed by atoms with Crippen LogP contribution in [-0.4, -0.2) is 221 Å². The number of nitrogens with zero attached hydrogens (tertiary/aromatic N) is 7. The quantitative estimate of drug-likeness (QED) is 0.0195. The summed E-state index contributed by atoms with van der Waals surface area (Å²) in [6, 6.07) is 32.1. The number of sulfone groups is 1. The molecule has 11 rings (SSSR count). The van der Waals surface area contributed by atoms with Crippen LogP contribution in [0.25, 0.3) is 16.0 Å². The van der Waals surface area contributed by atoms with Gasteiger partial charge in [-0.2, -0.15) is 13.2 Å². The first-order chi connectivity index (χ1) is 53.3. The maximum atomic E-state index is 14.4. The van der Waals surface area contributed by atoms with E-state index in [0.29, 0.717) is 88.6 Å². The second-order valence-electron chi connectivity index (χ2n) is 32.1. The minimum atomic E-state index is -6.11. The summed E-state index contributed by atoms with van der Waals surface area (Å²) in [6.07, 6.45) is 7.60. The molecule has 112 heavy (non-hydrogen) atoms. The van der Waals surface area contributed by atoms with Gasteiger partial charge in [0.1, 0.15) is 10.9 Å². The second-order valence-corrected chi connectivity index (χ2v) is 38.1. The number of anilines is 2. The lowest BCUT2D eigenvalue weighted by molar-refractivity contribution is -0.142. The molecule has 0 spiro atoms. The van der Waals surface area contributed by atoms with Gasteiger partial charge < -0.3 is 40.5 Å². The minimum absolute atomic E-state index is 0.00600. The van der Waals surface area contributed by atoms with Gasteiger partial charge in [-0.3, -0.25) is 33.9 Å². The number of β-amino-alcohol motifs (C(OH)–C–C–N with tert-alkyl or cyclic N) is 1. The Balaban J connectivity index is 0.617. The number of aryl methyl sites for hydroxylation is 1. The number of benzene rings is 5. The number of likely N-dealkylation sites (tertiary alicyclic amines) is 1. The van der Waals surface area contributed by atoms with Gasteiger partial charge in [0.05, 0.1) is 57.6 Å². The fourth-order valence-electron chi connectivity index (χ4n) is 16.0. The molecule has 0 bridgehead atoms. The number of piperazine rings is 2. The number of thioether (sulfide) groups is 1. The first kappa shape index (κ1) is 85.9. The molecule has 7 atom stereocenters. The summed E-state index contributed by atoms with van der Waals surface area (Å²) >= 11 is 9.44. The predicted octanol–water partition coefficient (Wildman–Crippen LogP) is 13.0. The Bertz CT molecular complexity index is 4450. The van der Waals surface area contributed by atoms with E-state index in [9.17, 15) is 54.3 Å². The van der Waals surface area contributed by atoms with Gasteiger partial charge in [-0.15, -0.1) is 23.1 Å². The first-order valence-electron chi connectivity index (χ1n) is 39.2. The number of ether oxygens (including phenoxy) is 1. The third-order valence-electron chi connectivity index (χ3n) is 22.3. The smallest absolute Gasteiger partial charge is 0.391 e. The molecule has 21 nitrogen and oxygen atoms in total. The first-order valence-corrected chi connectivity index (χ1v) is 44.4. The molecule has 5 heterocycles. The minimum Gasteiger partial charge on any atom is -0.391 e. The number of hydrogen-bond acceptors (Lipinski definition) is 19. The number of aromatic nitrogens is 1. The molecule has 5 aromatic carbocycles. The van der Waals surface area contributed by atoms with E-state index in [1.807, 2.05) is 123 Å². The Hall–Kier alpha value is -6.96. The Morgan fingerprint density at radius 2 is 1.48 bits per heavy atom. The number of alkyl halides is 3. The van der Waals surface area contributed by atoms with E-state index < -0.39 is 76.4 Å². The van der Waals surface area contributed by atoms with Crippen LogP contribution in [0.5, 0.6) is 0 Å². The summed E-state index contributed by atoms with van der Waals surface area (Å²) in [7, 11) is -11.0. The number of halogens is 4. The lowest BCUT2D eigenvalue weighted by Crippen LogP contribution is -2.56. The normalized spacial score (nSPS) is 20.9. The summed E-state index contributed by atoms with van der Waals surface area (Å²) in [5.74, 6) is -0.987. The maximum Gasteiger partial charge on any atom is 0.501 e. The van der Waals surface area contributed by atoms with Gasteiger partial charge in [-0.05, 0) is 166 Å². The van der Waals surface area contributed by atoms with E-state index in [2.05, 4.69) is 59.6 Å². The lowest BCUT2D eigenvalue weighted by atomic mass is 9.71. The van der Waals surface area contributed by atoms with Crippen LogP contribution in [0, 0.1) is 17.8 Å². The topological polar surface area (TPSA) is 246 Å². The Morgan fingerprint density at radius 1 is 0.804 bits per heavy atom. The molecule has 0 saturated carbocycles. The zero-order valence-corrected chi connectivity index (χ0v) is 69.3. The third-order valence-corrected chi connectivity index (χ3v) is 27.5. The van der Waals surface area contributed by atoms with Crippen molar-refractivity contribution in [3.63, 3.8) is 0 Å². The van der Waals surface area contributed by atoms with Crippen molar-refractivity contribution in [1.29, 1.82) is 0 Å². The van der Waals surface area contributed by atoms with Crippen LogP contribution in [0.4, 0.5) is 24.5 Å². The molecule has 4 aliphatic heterocycles. The van der Waals surface area contributed by atoms with Gasteiger partial charge in [0.15, 0.2) is 0 Å². The zero-order valence-electron chi connectivity index (χ0n) is 65.3. The van der Waals surface area contributed by atoms with Gasteiger partial charge in [-0.1, -0.05) is 119 Å². The fourth-order valence-corrected chi connectivity index (χ4v) is 19.9. The molecule has 29 heteroatoms. The molecule has 1 unspecified atom stereocenters. The van der Waals surface area contributed by atoms with Crippen LogP contribution in [0.2, 0.25) is 5.02 Å². The number of rotatable bonds is 32. The molecule has 608 valence electrons. The molecular formula is C83H109ClF3N11O10S4. The van der Waals surface area contributed by atoms with Gasteiger partial charge in [-0.25, -0.2) is 26.5 Å². The molecule has 4 fully saturated rings. The Labute approximate surface area is 672 Å². The van der Waals surface area contributed by atoms with Gasteiger partial charge in [0.2, 0.25) is 17.7 Å². The van der Waals surface area contributed by atoms with E-state index in [0.717, 1.165) is 141 Å². The van der Waals surface area contributed by atoms with Crippen LogP contribution in [0.3, 0.4) is 0 Å². The molecule has 5 aliphatic rings. The summed E-state index contributed by atoms with van der Waals surface area (Å²) in [5, 5.41) is 21.1. The third kappa shape index (κ3) is 22.8. The maximum absolute atomic E-state index is 14.4. The average molecular weight is 1640 g/mol. The molecule has 0 radical (unpaired) electrons. The van der Waals surface area contributed by atoms with E-state index in [4.69, 9.17) is 16.3 Å². The van der Waals surface area contributed by atoms with Crippen molar-refractivity contribution in [1.82, 2.24) is 44.8 Å². The monoisotopic (exact) mass is 1640 g/mol. The molecule has 1 aliphatic carbocycles. The molecule has 6 aromatic rings. The number of nitrogens with one attached hydrogen (secondary N) is 4. The summed E-state index contributed by atoms with van der Waals surface area (Å²) < 4.78 is 105. The zero-order chi connectivity index (χ0) is 80.1. The van der Waals surface area contributed by atoms with Crippen LogP contribution in [0.1, 0.15) is 145 Å². The molecule has 5 N–H and O–H groups in total. The van der Waals surface area contributed by atoms with E-state index in [1.165, 1.54) is 35.0 Å². The van der Waals surface area contributed by atoms with E-state index in [-0.39, 0.29) is 53.8 Å². The highest BCUT2D eigenvalue weighted by Gasteiger charge is 2.49. The number of carbonyl (C=O) groups excluding carboxylic acids is 4. The number of carbonyl (C=O) groups is 4. The van der Waals surface area contributed by atoms with E-state index in [1.54, 1.807) is 28.4 Å². The van der Waals surface area contributed by atoms with Gasteiger partial charge in [0.25, 0.3) is 25.8 Å². The summed E-state index contributed by atoms with van der Waals surface area (Å²) in [4.78, 5) is 72.6. The number of thiazole rings is 1. The highest BCUT2D eigenvalue weighted by atomic mass is 35.5. The van der Waals surface area contributed by atoms with Crippen molar-refractivity contribution in [3.8, 4) is 10.4 Å². The van der Waals surface area contributed by atoms with Gasteiger partial charge in [0, 0.05) is 137 Å². The van der Waals surface area contributed by atoms with Crippen molar-refractivity contribution in [2.75, 3.05) is 121 Å². The number of aliphatic hydroxyl groups is 1. The standard InChI is InChI=1S/C83H109ClF3N11O10S4/c1-57-51-93(46-47-108-57)37-34-66(54-109-69-16-12-11-13-17-69)91-72-32-31-70(49-74(72)111(104,105)83(85,86)87)112(106,107)92-78(101)63-25-29-67(30-26-63)96-42-38-94(39-43-96)52-64-50-82(7,35-33-71(64)61-23-27-65(84)28-24-61)55-95-40-44-97(45-41-95)75(100)18-14-9-8-10-15-36-88-77(81(4,5)6)80(103)98-53-68(99)48-73(98)79(102)90-58(2)60-19-21-62(22-20-60)76-59(3)89-56-110-76/h11-13,16-17,19-32,49,56-58,66,68,73,77,88,91,99H,8-10,14-15,18,33-48,50-55H2,1-7H3,(H,90,102)(H,92,101)/t57?,58-,66+,68+,73-,77+,82+/m0/s1. The predicted molar refractivity (Wildman–Crippen MR) is 438 cm³/mol. The van der Waals surface area contributed by atoms with Crippen molar-refractivity contribution in [3.05, 3.63) is 160 Å². The number of allylic oxidation sites excluding steroid dienone is 1.